The summed E-state index contributed by atoms with van der Waals surface area (Å²) < 4.78 is 10.7. The van der Waals surface area contributed by atoms with Crippen molar-refractivity contribution in [3.63, 3.8) is 0 Å². The Morgan fingerprint density at radius 2 is 1.64 bits per heavy atom. The number of aryl methyl sites for hydroxylation is 1. The molecule has 0 aliphatic carbocycles. The Morgan fingerprint density at radius 1 is 0.929 bits per heavy atom. The molecule has 0 unspecified atom stereocenters. The van der Waals surface area contributed by atoms with Gasteiger partial charge in [-0.2, -0.15) is 4.98 Å². The summed E-state index contributed by atoms with van der Waals surface area (Å²) in [6.45, 7) is 5.33. The molecule has 0 amide bonds. The van der Waals surface area contributed by atoms with E-state index in [0.29, 0.717) is 12.6 Å². The van der Waals surface area contributed by atoms with Crippen molar-refractivity contribution in [2.45, 2.75) is 20.3 Å². The van der Waals surface area contributed by atoms with E-state index in [4.69, 9.17) is 9.47 Å². The number of nitrogens with zero attached hydrogens (tertiary/aromatic N) is 2. The van der Waals surface area contributed by atoms with Crippen molar-refractivity contribution >= 4 is 17.5 Å². The monoisotopic (exact) mass is 378 g/mol. The second kappa shape index (κ2) is 9.60. The van der Waals surface area contributed by atoms with Gasteiger partial charge in [-0.3, -0.25) is 0 Å². The fourth-order valence-corrected chi connectivity index (χ4v) is 2.77. The van der Waals surface area contributed by atoms with E-state index in [0.717, 1.165) is 41.7 Å². The molecule has 3 rings (SSSR count). The molecule has 0 fully saturated rings. The number of rotatable bonds is 9. The largest absolute Gasteiger partial charge is 0.497 e. The van der Waals surface area contributed by atoms with Crippen molar-refractivity contribution < 1.29 is 9.47 Å². The van der Waals surface area contributed by atoms with Crippen molar-refractivity contribution in [3.8, 4) is 11.5 Å². The molecule has 0 bridgehead atoms. The number of hydrogen-bond donors (Lipinski definition) is 2. The minimum Gasteiger partial charge on any atom is -0.497 e. The lowest BCUT2D eigenvalue weighted by Gasteiger charge is -2.11. The van der Waals surface area contributed by atoms with Gasteiger partial charge in [0.1, 0.15) is 17.3 Å². The van der Waals surface area contributed by atoms with Gasteiger partial charge in [-0.05, 0) is 62.2 Å². The highest BCUT2D eigenvalue weighted by Gasteiger charge is 2.04. The van der Waals surface area contributed by atoms with Crippen LogP contribution in [0.15, 0.2) is 54.6 Å². The van der Waals surface area contributed by atoms with Gasteiger partial charge in [-0.1, -0.05) is 12.1 Å². The van der Waals surface area contributed by atoms with Crippen LogP contribution in [0.2, 0.25) is 0 Å². The van der Waals surface area contributed by atoms with Crippen LogP contribution in [0.3, 0.4) is 0 Å². The third kappa shape index (κ3) is 5.61. The van der Waals surface area contributed by atoms with Crippen LogP contribution in [0.25, 0.3) is 0 Å². The quantitative estimate of drug-likeness (QED) is 0.568. The Balaban J connectivity index is 1.59. The van der Waals surface area contributed by atoms with Crippen molar-refractivity contribution in [2.24, 2.45) is 0 Å². The molecule has 0 aliphatic rings. The number of methoxy groups -OCH3 is 1. The third-order valence-corrected chi connectivity index (χ3v) is 4.15. The number of anilines is 3. The summed E-state index contributed by atoms with van der Waals surface area (Å²) in [4.78, 5) is 9.03. The third-order valence-electron chi connectivity index (χ3n) is 4.15. The SMILES string of the molecule is CCOc1ccc(Nc2cc(C)nc(NCCc3ccc(OC)cc3)n2)cc1. The first-order valence-corrected chi connectivity index (χ1v) is 9.38. The Hall–Kier alpha value is -3.28. The first-order valence-electron chi connectivity index (χ1n) is 9.38. The van der Waals surface area contributed by atoms with Gasteiger partial charge < -0.3 is 20.1 Å². The lowest BCUT2D eigenvalue weighted by atomic mass is 10.1. The first kappa shape index (κ1) is 19.5. The van der Waals surface area contributed by atoms with E-state index in [-0.39, 0.29) is 0 Å². The van der Waals surface area contributed by atoms with E-state index < -0.39 is 0 Å². The Labute approximate surface area is 166 Å². The van der Waals surface area contributed by atoms with E-state index in [2.05, 4.69) is 32.7 Å². The predicted molar refractivity (Wildman–Crippen MR) is 113 cm³/mol. The molecule has 0 spiro atoms. The molecule has 6 nitrogen and oxygen atoms in total. The van der Waals surface area contributed by atoms with E-state index in [1.54, 1.807) is 7.11 Å². The highest BCUT2D eigenvalue weighted by Crippen LogP contribution is 2.20. The molecule has 146 valence electrons. The normalized spacial score (nSPS) is 10.4. The number of benzene rings is 2. The Bertz CT molecular complexity index is 880. The topological polar surface area (TPSA) is 68.3 Å². The molecule has 0 saturated heterocycles. The van der Waals surface area contributed by atoms with E-state index in [1.165, 1.54) is 5.56 Å². The van der Waals surface area contributed by atoms with Crippen LogP contribution in [0.1, 0.15) is 18.2 Å². The number of ether oxygens (including phenoxy) is 2. The molecule has 1 heterocycles. The highest BCUT2D eigenvalue weighted by molar-refractivity contribution is 5.58. The summed E-state index contributed by atoms with van der Waals surface area (Å²) >= 11 is 0. The molecule has 28 heavy (non-hydrogen) atoms. The summed E-state index contributed by atoms with van der Waals surface area (Å²) in [6.07, 6.45) is 0.878. The average molecular weight is 378 g/mol. The number of nitrogens with one attached hydrogen (secondary N) is 2. The lowest BCUT2D eigenvalue weighted by molar-refractivity contribution is 0.340. The molecule has 3 aromatic rings. The zero-order valence-corrected chi connectivity index (χ0v) is 16.5. The molecule has 0 aliphatic heterocycles. The second-order valence-electron chi connectivity index (χ2n) is 6.33. The zero-order valence-electron chi connectivity index (χ0n) is 16.5. The molecule has 2 N–H and O–H groups in total. The maximum absolute atomic E-state index is 5.47. The first-order chi connectivity index (χ1) is 13.7. The maximum atomic E-state index is 5.47. The van der Waals surface area contributed by atoms with Gasteiger partial charge in [0.25, 0.3) is 0 Å². The molecule has 0 atom stereocenters. The summed E-state index contributed by atoms with van der Waals surface area (Å²) in [5.74, 6) is 3.09. The minimum atomic E-state index is 0.613. The summed E-state index contributed by atoms with van der Waals surface area (Å²) in [7, 11) is 1.67. The van der Waals surface area contributed by atoms with Gasteiger partial charge in [-0.15, -0.1) is 0 Å². The molecule has 1 aromatic heterocycles. The Morgan fingerprint density at radius 3 is 2.32 bits per heavy atom. The zero-order chi connectivity index (χ0) is 19.8. The number of aromatic nitrogens is 2. The molecular weight excluding hydrogens is 352 g/mol. The van der Waals surface area contributed by atoms with Crippen LogP contribution in [-0.2, 0) is 6.42 Å². The van der Waals surface area contributed by atoms with Crippen molar-refractivity contribution in [3.05, 3.63) is 65.9 Å². The van der Waals surface area contributed by atoms with E-state index >= 15 is 0 Å². The van der Waals surface area contributed by atoms with Crippen LogP contribution in [0.4, 0.5) is 17.5 Å². The van der Waals surface area contributed by atoms with Crippen LogP contribution >= 0.6 is 0 Å². The fraction of sp³-hybridized carbons (Fsp3) is 0.273. The van der Waals surface area contributed by atoms with Gasteiger partial charge in [0.2, 0.25) is 5.95 Å². The van der Waals surface area contributed by atoms with Gasteiger partial charge >= 0.3 is 0 Å². The molecular formula is C22H26N4O2. The molecule has 6 heteroatoms. The maximum Gasteiger partial charge on any atom is 0.224 e. The van der Waals surface area contributed by atoms with Crippen LogP contribution < -0.4 is 20.1 Å². The van der Waals surface area contributed by atoms with Crippen molar-refractivity contribution in [1.82, 2.24) is 9.97 Å². The summed E-state index contributed by atoms with van der Waals surface area (Å²) in [6, 6.07) is 17.8. The highest BCUT2D eigenvalue weighted by atomic mass is 16.5. The standard InChI is InChI=1S/C22H26N4O2/c1-4-28-20-11-7-18(8-12-20)25-21-15-16(2)24-22(26-21)23-14-13-17-5-9-19(27-3)10-6-17/h5-12,15H,4,13-14H2,1-3H3,(H2,23,24,25,26). The molecule has 0 radical (unpaired) electrons. The smallest absolute Gasteiger partial charge is 0.224 e. The fourth-order valence-electron chi connectivity index (χ4n) is 2.77. The molecule has 0 saturated carbocycles. The summed E-state index contributed by atoms with van der Waals surface area (Å²) in [5.41, 5.74) is 3.08. The van der Waals surface area contributed by atoms with Crippen LogP contribution in [-0.4, -0.2) is 30.2 Å². The van der Waals surface area contributed by atoms with Gasteiger partial charge in [0, 0.05) is 24.0 Å². The number of hydrogen-bond acceptors (Lipinski definition) is 6. The lowest BCUT2D eigenvalue weighted by Crippen LogP contribution is -2.09. The van der Waals surface area contributed by atoms with Crippen LogP contribution in [0, 0.1) is 6.92 Å². The van der Waals surface area contributed by atoms with Gasteiger partial charge in [0.15, 0.2) is 0 Å². The average Bonchev–Trinajstić information content (AvgIpc) is 2.70. The molecule has 2 aromatic carbocycles. The van der Waals surface area contributed by atoms with Crippen molar-refractivity contribution in [2.75, 3.05) is 30.9 Å². The predicted octanol–water partition coefficient (Wildman–Crippen LogP) is 4.59. The van der Waals surface area contributed by atoms with Crippen LogP contribution in [0.5, 0.6) is 11.5 Å². The Kier molecular flexibility index (Phi) is 6.68. The minimum absolute atomic E-state index is 0.613. The van der Waals surface area contributed by atoms with Gasteiger partial charge in [-0.25, -0.2) is 4.98 Å². The second-order valence-corrected chi connectivity index (χ2v) is 6.33. The summed E-state index contributed by atoms with van der Waals surface area (Å²) in [5, 5.41) is 6.62. The van der Waals surface area contributed by atoms with Gasteiger partial charge in [0.05, 0.1) is 13.7 Å². The van der Waals surface area contributed by atoms with E-state index in [9.17, 15) is 0 Å². The van der Waals surface area contributed by atoms with Crippen molar-refractivity contribution in [1.29, 1.82) is 0 Å². The van der Waals surface area contributed by atoms with E-state index in [1.807, 2.05) is 56.3 Å².